The number of aliphatic carboxylic acids is 1. The van der Waals surface area contributed by atoms with Crippen molar-refractivity contribution in [2.24, 2.45) is 5.92 Å². The van der Waals surface area contributed by atoms with E-state index >= 15 is 0 Å². The second-order valence-corrected chi connectivity index (χ2v) is 9.63. The highest BCUT2D eigenvalue weighted by molar-refractivity contribution is 6.07. The van der Waals surface area contributed by atoms with E-state index in [1.807, 2.05) is 65.3 Å². The Morgan fingerprint density at radius 1 is 0.970 bits per heavy atom. The Morgan fingerprint density at radius 2 is 1.70 bits per heavy atom. The number of carbonyl (C=O) groups is 3. The lowest BCUT2D eigenvalue weighted by Crippen LogP contribution is -2.52. The summed E-state index contributed by atoms with van der Waals surface area (Å²) in [7, 11) is 0. The number of aryl methyl sites for hydroxylation is 1. The number of rotatable bonds is 6. The first-order valence-corrected chi connectivity index (χ1v) is 12.0. The van der Waals surface area contributed by atoms with Crippen LogP contribution in [0.2, 0.25) is 0 Å². The fourth-order valence-corrected chi connectivity index (χ4v) is 5.76. The van der Waals surface area contributed by atoms with Crippen molar-refractivity contribution in [3.05, 3.63) is 65.2 Å². The molecule has 2 amide bonds. The van der Waals surface area contributed by atoms with Gasteiger partial charge in [0.05, 0.1) is 12.5 Å². The topological polar surface area (TPSA) is 77.9 Å². The van der Waals surface area contributed by atoms with Crippen molar-refractivity contribution in [2.75, 3.05) is 4.90 Å². The Morgan fingerprint density at radius 3 is 2.39 bits per heavy atom. The Kier molecular flexibility index (Phi) is 5.69. The zero-order chi connectivity index (χ0) is 23.1. The molecule has 2 saturated carbocycles. The van der Waals surface area contributed by atoms with Crippen LogP contribution in [0.5, 0.6) is 0 Å². The third kappa shape index (κ3) is 4.03. The summed E-state index contributed by atoms with van der Waals surface area (Å²) in [6, 6.07) is 15.8. The standard InChI is InChI=1S/C27H30N2O4/c1-17-9-11-18(12-10-17)27(33)29-22-7-3-2-5-20(22)26(21-6-4-8-23(21)29)28(19-13-14-19)24(30)15-16-25(31)32/h2-3,5,7,9-12,19,21,23,26H,4,6,8,13-16H2,1H3,(H,31,32). The van der Waals surface area contributed by atoms with Crippen LogP contribution in [-0.2, 0) is 9.59 Å². The van der Waals surface area contributed by atoms with Crippen molar-refractivity contribution in [1.82, 2.24) is 4.90 Å². The normalized spacial score (nSPS) is 23.5. The maximum Gasteiger partial charge on any atom is 0.303 e. The fourth-order valence-electron chi connectivity index (χ4n) is 5.76. The van der Waals surface area contributed by atoms with Gasteiger partial charge < -0.3 is 14.9 Å². The first-order valence-electron chi connectivity index (χ1n) is 12.0. The molecule has 3 aliphatic rings. The lowest BCUT2D eigenvalue weighted by Gasteiger charge is -2.48. The maximum atomic E-state index is 13.7. The molecule has 0 spiro atoms. The van der Waals surface area contributed by atoms with Gasteiger partial charge in [0, 0.05) is 35.7 Å². The number of benzene rings is 2. The average molecular weight is 447 g/mol. The highest BCUT2D eigenvalue weighted by Crippen LogP contribution is 2.52. The molecular weight excluding hydrogens is 416 g/mol. The summed E-state index contributed by atoms with van der Waals surface area (Å²) >= 11 is 0. The predicted octanol–water partition coefficient (Wildman–Crippen LogP) is 4.72. The number of fused-ring (bicyclic) bond motifs is 2. The van der Waals surface area contributed by atoms with Gasteiger partial charge >= 0.3 is 5.97 Å². The molecule has 6 nitrogen and oxygen atoms in total. The molecule has 0 saturated heterocycles. The van der Waals surface area contributed by atoms with Crippen LogP contribution >= 0.6 is 0 Å². The first-order chi connectivity index (χ1) is 16.0. The number of hydrogen-bond donors (Lipinski definition) is 1. The monoisotopic (exact) mass is 446 g/mol. The molecule has 1 aliphatic heterocycles. The molecular formula is C27H30N2O4. The van der Waals surface area contributed by atoms with Gasteiger partial charge in [-0.2, -0.15) is 0 Å². The zero-order valence-electron chi connectivity index (χ0n) is 18.9. The third-order valence-corrected chi connectivity index (χ3v) is 7.38. The van der Waals surface area contributed by atoms with Crippen LogP contribution < -0.4 is 4.90 Å². The van der Waals surface area contributed by atoms with Crippen LogP contribution in [-0.4, -0.2) is 39.9 Å². The number of para-hydroxylation sites is 1. The number of anilines is 1. The van der Waals surface area contributed by atoms with E-state index in [0.29, 0.717) is 5.56 Å². The van der Waals surface area contributed by atoms with E-state index in [-0.39, 0.29) is 48.7 Å². The van der Waals surface area contributed by atoms with Gasteiger partial charge in [0.1, 0.15) is 0 Å². The Bertz CT molecular complexity index is 1080. The van der Waals surface area contributed by atoms with Gasteiger partial charge in [-0.1, -0.05) is 42.3 Å². The highest BCUT2D eigenvalue weighted by Gasteiger charge is 2.51. The molecule has 5 rings (SSSR count). The molecule has 2 aliphatic carbocycles. The molecule has 1 heterocycles. The first kappa shape index (κ1) is 21.7. The molecule has 0 bridgehead atoms. The number of carbonyl (C=O) groups excluding carboxylic acids is 2. The predicted molar refractivity (Wildman–Crippen MR) is 125 cm³/mol. The molecule has 33 heavy (non-hydrogen) atoms. The molecule has 0 aromatic heterocycles. The summed E-state index contributed by atoms with van der Waals surface area (Å²) in [4.78, 5) is 42.1. The van der Waals surface area contributed by atoms with E-state index in [9.17, 15) is 14.4 Å². The van der Waals surface area contributed by atoms with Crippen molar-refractivity contribution in [3.8, 4) is 0 Å². The third-order valence-electron chi connectivity index (χ3n) is 7.38. The Hall–Kier alpha value is -3.15. The van der Waals surface area contributed by atoms with Crippen LogP contribution in [0.25, 0.3) is 0 Å². The molecule has 172 valence electrons. The second-order valence-electron chi connectivity index (χ2n) is 9.63. The number of amides is 2. The number of hydrogen-bond acceptors (Lipinski definition) is 3. The second kappa shape index (κ2) is 8.65. The van der Waals surface area contributed by atoms with E-state index in [0.717, 1.165) is 48.9 Å². The highest BCUT2D eigenvalue weighted by atomic mass is 16.4. The number of carboxylic acid groups (broad SMARTS) is 1. The maximum absolute atomic E-state index is 13.7. The Labute approximate surface area is 194 Å². The molecule has 6 heteroatoms. The van der Waals surface area contributed by atoms with Gasteiger partial charge in [-0.25, -0.2) is 0 Å². The SMILES string of the molecule is Cc1ccc(C(=O)N2c3ccccc3C(N(C(=O)CCC(=O)O)C3CC3)C3CCCC32)cc1. The largest absolute Gasteiger partial charge is 0.481 e. The van der Waals surface area contributed by atoms with Crippen LogP contribution in [0.3, 0.4) is 0 Å². The van der Waals surface area contributed by atoms with E-state index < -0.39 is 5.97 Å². The minimum atomic E-state index is -0.947. The minimum Gasteiger partial charge on any atom is -0.481 e. The van der Waals surface area contributed by atoms with Crippen molar-refractivity contribution in [2.45, 2.75) is 70.0 Å². The number of nitrogens with zero attached hydrogens (tertiary/aromatic N) is 2. The van der Waals surface area contributed by atoms with E-state index in [4.69, 9.17) is 5.11 Å². The lowest BCUT2D eigenvalue weighted by molar-refractivity contribution is -0.142. The molecule has 0 radical (unpaired) electrons. The van der Waals surface area contributed by atoms with Gasteiger partial charge in [-0.05, 0) is 56.4 Å². The van der Waals surface area contributed by atoms with Crippen molar-refractivity contribution >= 4 is 23.5 Å². The molecule has 2 fully saturated rings. The van der Waals surface area contributed by atoms with Crippen LogP contribution in [0.15, 0.2) is 48.5 Å². The fraction of sp³-hybridized carbons (Fsp3) is 0.444. The van der Waals surface area contributed by atoms with E-state index in [1.54, 1.807) is 0 Å². The summed E-state index contributed by atoms with van der Waals surface area (Å²) in [6.45, 7) is 2.01. The average Bonchev–Trinajstić information content (AvgIpc) is 3.53. The van der Waals surface area contributed by atoms with E-state index in [1.165, 1.54) is 0 Å². The Balaban J connectivity index is 1.55. The summed E-state index contributed by atoms with van der Waals surface area (Å²) in [5.74, 6) is -0.864. The zero-order valence-corrected chi connectivity index (χ0v) is 18.9. The van der Waals surface area contributed by atoms with Gasteiger partial charge in [0.2, 0.25) is 5.91 Å². The van der Waals surface area contributed by atoms with Crippen molar-refractivity contribution < 1.29 is 19.5 Å². The summed E-state index contributed by atoms with van der Waals surface area (Å²) < 4.78 is 0. The van der Waals surface area contributed by atoms with E-state index in [2.05, 4.69) is 0 Å². The summed E-state index contributed by atoms with van der Waals surface area (Å²) in [6.07, 6.45) is 4.67. The molecule has 1 N–H and O–H groups in total. The van der Waals surface area contributed by atoms with Gasteiger partial charge in [-0.15, -0.1) is 0 Å². The smallest absolute Gasteiger partial charge is 0.303 e. The quantitative estimate of drug-likeness (QED) is 0.696. The lowest BCUT2D eigenvalue weighted by atomic mass is 9.81. The van der Waals surface area contributed by atoms with Crippen LogP contribution in [0, 0.1) is 12.8 Å². The molecule has 2 aromatic carbocycles. The van der Waals surface area contributed by atoms with Crippen molar-refractivity contribution in [3.63, 3.8) is 0 Å². The summed E-state index contributed by atoms with van der Waals surface area (Å²) in [5, 5.41) is 9.12. The van der Waals surface area contributed by atoms with Crippen LogP contribution in [0.1, 0.15) is 72.5 Å². The minimum absolute atomic E-state index is 0.00738. The van der Waals surface area contributed by atoms with Gasteiger partial charge in [0.25, 0.3) is 5.91 Å². The van der Waals surface area contributed by atoms with Crippen molar-refractivity contribution in [1.29, 1.82) is 0 Å². The molecule has 3 atom stereocenters. The summed E-state index contributed by atoms with van der Waals surface area (Å²) in [5.41, 5.74) is 3.69. The van der Waals surface area contributed by atoms with Crippen LogP contribution in [0.4, 0.5) is 5.69 Å². The van der Waals surface area contributed by atoms with Gasteiger partial charge in [0.15, 0.2) is 0 Å². The molecule has 2 aromatic rings. The van der Waals surface area contributed by atoms with Gasteiger partial charge in [-0.3, -0.25) is 14.4 Å². The molecule has 3 unspecified atom stereocenters. The number of carboxylic acids is 1.